The van der Waals surface area contributed by atoms with Crippen molar-refractivity contribution in [2.45, 2.75) is 26.7 Å². The van der Waals surface area contributed by atoms with E-state index in [2.05, 4.69) is 0 Å². The Morgan fingerprint density at radius 1 is 1.05 bits per heavy atom. The molecule has 1 aromatic carbocycles. The van der Waals surface area contributed by atoms with Crippen LogP contribution in [0.4, 0.5) is 0 Å². The second-order valence-electron chi connectivity index (χ2n) is 3.48. The number of hydrogen-bond acceptors (Lipinski definition) is 4. The second kappa shape index (κ2) is 11.1. The monoisotopic (exact) mass is 268 g/mol. The summed E-state index contributed by atoms with van der Waals surface area (Å²) >= 11 is 0. The highest BCUT2D eigenvalue weighted by Crippen LogP contribution is 2.07. The van der Waals surface area contributed by atoms with Crippen LogP contribution in [0.5, 0.6) is 5.75 Å². The lowest BCUT2D eigenvalue weighted by atomic mass is 10.3. The molecule has 19 heavy (non-hydrogen) atoms. The van der Waals surface area contributed by atoms with Gasteiger partial charge in [0.1, 0.15) is 19.0 Å². The first-order chi connectivity index (χ1) is 9.10. The molecule has 0 aliphatic heterocycles. The Morgan fingerprint density at radius 3 is 2.11 bits per heavy atom. The van der Waals surface area contributed by atoms with Crippen molar-refractivity contribution in [1.29, 1.82) is 0 Å². The molecule has 0 aliphatic rings. The molecule has 1 N–H and O–H groups in total. The lowest BCUT2D eigenvalue weighted by Gasteiger charge is -2.05. The van der Waals surface area contributed by atoms with E-state index in [9.17, 15) is 9.59 Å². The van der Waals surface area contributed by atoms with Gasteiger partial charge in [-0.25, -0.2) is 0 Å². The van der Waals surface area contributed by atoms with E-state index in [0.29, 0.717) is 19.6 Å². The molecular weight excluding hydrogens is 248 g/mol. The molecule has 0 amide bonds. The van der Waals surface area contributed by atoms with E-state index in [4.69, 9.17) is 14.6 Å². The normalized spacial score (nSPS) is 8.95. The molecule has 1 aromatic rings. The van der Waals surface area contributed by atoms with E-state index < -0.39 is 5.97 Å². The third kappa shape index (κ3) is 10.8. The third-order valence-corrected chi connectivity index (χ3v) is 1.95. The molecule has 1 rings (SSSR count). The van der Waals surface area contributed by atoms with Crippen LogP contribution in [0.1, 0.15) is 26.7 Å². The average molecular weight is 268 g/mol. The van der Waals surface area contributed by atoms with Gasteiger partial charge in [-0.2, -0.15) is 0 Å². The fourth-order valence-corrected chi connectivity index (χ4v) is 0.934. The van der Waals surface area contributed by atoms with Crippen LogP contribution in [0.25, 0.3) is 0 Å². The summed E-state index contributed by atoms with van der Waals surface area (Å²) in [6.45, 7) is 4.07. The zero-order valence-electron chi connectivity index (χ0n) is 11.3. The Morgan fingerprint density at radius 2 is 1.63 bits per heavy atom. The summed E-state index contributed by atoms with van der Waals surface area (Å²) in [5.41, 5.74) is 0. The molecule has 0 saturated heterocycles. The molecule has 0 unspecified atom stereocenters. The summed E-state index contributed by atoms with van der Waals surface area (Å²) < 4.78 is 10.2. The second-order valence-corrected chi connectivity index (χ2v) is 3.48. The molecular formula is C14H20O5. The van der Waals surface area contributed by atoms with Gasteiger partial charge in [-0.15, -0.1) is 0 Å². The van der Waals surface area contributed by atoms with Gasteiger partial charge in [0.15, 0.2) is 0 Å². The smallest absolute Gasteiger partial charge is 0.305 e. The van der Waals surface area contributed by atoms with Crippen LogP contribution in [-0.2, 0) is 14.3 Å². The van der Waals surface area contributed by atoms with E-state index >= 15 is 0 Å². The minimum atomic E-state index is -0.745. The lowest BCUT2D eigenvalue weighted by molar-refractivity contribution is -0.144. The summed E-state index contributed by atoms with van der Waals surface area (Å²) in [6, 6.07) is 9.44. The highest BCUT2D eigenvalue weighted by Gasteiger charge is 1.97. The number of carbonyl (C=O) groups excluding carboxylic acids is 1. The molecule has 0 saturated carbocycles. The van der Waals surface area contributed by atoms with Gasteiger partial charge in [0.2, 0.25) is 0 Å². The van der Waals surface area contributed by atoms with Crippen molar-refractivity contribution >= 4 is 11.9 Å². The molecule has 0 aliphatic carbocycles. The number of carboxylic acids is 1. The van der Waals surface area contributed by atoms with E-state index in [-0.39, 0.29) is 12.4 Å². The lowest BCUT2D eigenvalue weighted by Crippen LogP contribution is -2.10. The highest BCUT2D eigenvalue weighted by molar-refractivity contribution is 5.68. The van der Waals surface area contributed by atoms with E-state index in [1.54, 1.807) is 13.8 Å². The maximum Gasteiger partial charge on any atom is 0.305 e. The van der Waals surface area contributed by atoms with Crippen LogP contribution >= 0.6 is 0 Å². The number of hydrogen-bond donors (Lipinski definition) is 1. The fourth-order valence-electron chi connectivity index (χ4n) is 0.934. The van der Waals surface area contributed by atoms with Crippen LogP contribution in [0, 0.1) is 0 Å². The van der Waals surface area contributed by atoms with Crippen LogP contribution in [0.15, 0.2) is 30.3 Å². The first kappa shape index (κ1) is 17.0. The molecule has 0 heterocycles. The van der Waals surface area contributed by atoms with E-state index in [1.807, 2.05) is 30.3 Å². The fraction of sp³-hybridized carbons (Fsp3) is 0.429. The maximum absolute atomic E-state index is 10.7. The van der Waals surface area contributed by atoms with Gasteiger partial charge < -0.3 is 14.6 Å². The van der Waals surface area contributed by atoms with E-state index in [0.717, 1.165) is 5.75 Å². The number of ether oxygens (including phenoxy) is 2. The molecule has 106 valence electrons. The summed E-state index contributed by atoms with van der Waals surface area (Å²) in [7, 11) is 0. The summed E-state index contributed by atoms with van der Waals surface area (Å²) in [5, 5.41) is 7.72. The van der Waals surface area contributed by atoms with Crippen molar-refractivity contribution < 1.29 is 24.2 Å². The number of aliphatic carboxylic acids is 1. The zero-order chi connectivity index (χ0) is 14.5. The molecule has 5 heteroatoms. The topological polar surface area (TPSA) is 72.8 Å². The van der Waals surface area contributed by atoms with Crippen LogP contribution in [0.3, 0.4) is 0 Å². The number of esters is 1. The van der Waals surface area contributed by atoms with Gasteiger partial charge in [-0.3, -0.25) is 9.59 Å². The van der Waals surface area contributed by atoms with Gasteiger partial charge in [0.25, 0.3) is 0 Å². The number of rotatable bonds is 6. The highest BCUT2D eigenvalue weighted by atomic mass is 16.6. The van der Waals surface area contributed by atoms with Crippen molar-refractivity contribution in [3.05, 3.63) is 30.3 Å². The summed E-state index contributed by atoms with van der Waals surface area (Å²) in [4.78, 5) is 20.1. The quantitative estimate of drug-likeness (QED) is 0.634. The molecule has 0 atom stereocenters. The van der Waals surface area contributed by atoms with Crippen molar-refractivity contribution in [3.8, 4) is 5.75 Å². The largest absolute Gasteiger partial charge is 0.490 e. The molecule has 0 aromatic heterocycles. The minimum Gasteiger partial charge on any atom is -0.490 e. The standard InChI is InChI=1S/C11H14O3.C3H6O2/c1-2-11(12)14-9-8-13-10-6-4-3-5-7-10;1-2-3(4)5/h3-7H,2,8-9H2,1H3;2H2,1H3,(H,4,5). The van der Waals surface area contributed by atoms with Crippen molar-refractivity contribution in [3.63, 3.8) is 0 Å². The van der Waals surface area contributed by atoms with Gasteiger partial charge in [0.05, 0.1) is 0 Å². The molecule has 0 spiro atoms. The number of benzene rings is 1. The van der Waals surface area contributed by atoms with E-state index in [1.165, 1.54) is 0 Å². The summed E-state index contributed by atoms with van der Waals surface area (Å²) in [5.74, 6) is -0.147. The first-order valence-electron chi connectivity index (χ1n) is 6.15. The molecule has 0 fully saturated rings. The van der Waals surface area contributed by atoms with Crippen LogP contribution < -0.4 is 4.74 Å². The van der Waals surface area contributed by atoms with Gasteiger partial charge in [-0.1, -0.05) is 32.0 Å². The van der Waals surface area contributed by atoms with Crippen LogP contribution in [-0.4, -0.2) is 30.3 Å². The van der Waals surface area contributed by atoms with Gasteiger partial charge in [0, 0.05) is 12.8 Å². The SMILES string of the molecule is CCC(=O)O.CCC(=O)OCCOc1ccccc1. The van der Waals surface area contributed by atoms with Crippen LogP contribution in [0.2, 0.25) is 0 Å². The Hall–Kier alpha value is -2.04. The maximum atomic E-state index is 10.7. The zero-order valence-corrected chi connectivity index (χ0v) is 11.3. The average Bonchev–Trinajstić information content (AvgIpc) is 2.45. The van der Waals surface area contributed by atoms with Crippen molar-refractivity contribution in [2.24, 2.45) is 0 Å². The van der Waals surface area contributed by atoms with Crippen molar-refractivity contribution in [2.75, 3.05) is 13.2 Å². The molecule has 0 radical (unpaired) electrons. The predicted octanol–water partition coefficient (Wildman–Crippen LogP) is 2.50. The Bertz CT molecular complexity index is 361. The minimum absolute atomic E-state index is 0.193. The Balaban J connectivity index is 0.000000555. The number of carbonyl (C=O) groups is 2. The number of carboxylic acid groups (broad SMARTS) is 1. The predicted molar refractivity (Wildman–Crippen MR) is 71.1 cm³/mol. The first-order valence-corrected chi connectivity index (χ1v) is 6.15. The third-order valence-electron chi connectivity index (χ3n) is 1.95. The number of para-hydroxylation sites is 1. The Labute approximate surface area is 113 Å². The Kier molecular flexibility index (Phi) is 9.88. The van der Waals surface area contributed by atoms with Gasteiger partial charge in [-0.05, 0) is 12.1 Å². The summed E-state index contributed by atoms with van der Waals surface area (Å²) in [6.07, 6.45) is 0.630. The van der Waals surface area contributed by atoms with Crippen molar-refractivity contribution in [1.82, 2.24) is 0 Å². The molecule has 5 nitrogen and oxygen atoms in total. The molecule has 0 bridgehead atoms. The van der Waals surface area contributed by atoms with Gasteiger partial charge >= 0.3 is 11.9 Å².